The third-order valence-corrected chi connectivity index (χ3v) is 10.0. The van der Waals surface area contributed by atoms with E-state index in [1.165, 1.54) is 16.3 Å². The maximum absolute atomic E-state index is 6.46. The summed E-state index contributed by atoms with van der Waals surface area (Å²) in [7, 11) is 0. The molecule has 0 amide bonds. The van der Waals surface area contributed by atoms with Gasteiger partial charge in [-0.15, -0.1) is 0 Å². The van der Waals surface area contributed by atoms with Crippen LogP contribution in [0.25, 0.3) is 84.2 Å². The van der Waals surface area contributed by atoms with Gasteiger partial charge in [-0.1, -0.05) is 127 Å². The fourth-order valence-corrected chi connectivity index (χ4v) is 7.15. The van der Waals surface area contributed by atoms with E-state index in [1.54, 1.807) is 0 Å². The first-order valence-electron chi connectivity index (χ1n) is 18.3. The van der Waals surface area contributed by atoms with Gasteiger partial charge >= 0.3 is 0 Å². The van der Waals surface area contributed by atoms with Gasteiger partial charge in [0.05, 0.1) is 0 Å². The second kappa shape index (κ2) is 14.3. The Bertz CT molecular complexity index is 2900. The van der Waals surface area contributed by atoms with Crippen LogP contribution in [0.15, 0.2) is 166 Å². The zero-order valence-electron chi connectivity index (χ0n) is 30.2. The van der Waals surface area contributed by atoms with Gasteiger partial charge in [0.2, 0.25) is 0 Å². The number of hydrogen-bond acceptors (Lipinski definition) is 5. The third kappa shape index (κ3) is 6.41. The van der Waals surface area contributed by atoms with Crippen molar-refractivity contribution in [3.8, 4) is 22.8 Å². The average Bonchev–Trinajstić information content (AvgIpc) is 3.75. The molecule has 8 aromatic rings. The SMILES string of the molecule is C/C=C\C=C/C1=CC=C(c2nc(-c3ccccc3)nc(-c3cccc4oc5cc(/C=C/C=C\c6oc7cc8ccccc8cc7c6C)ccc5c34)n2)CC1. The van der Waals surface area contributed by atoms with E-state index >= 15 is 0 Å². The summed E-state index contributed by atoms with van der Waals surface area (Å²) in [5, 5.41) is 5.53. The molecule has 0 saturated carbocycles. The second-order valence-electron chi connectivity index (χ2n) is 13.5. The van der Waals surface area contributed by atoms with Crippen LogP contribution in [0.3, 0.4) is 0 Å². The van der Waals surface area contributed by atoms with Crippen LogP contribution < -0.4 is 0 Å². The van der Waals surface area contributed by atoms with Gasteiger partial charge in [0.15, 0.2) is 17.5 Å². The van der Waals surface area contributed by atoms with Crippen molar-refractivity contribution in [2.45, 2.75) is 26.7 Å². The number of hydrogen-bond donors (Lipinski definition) is 0. The van der Waals surface area contributed by atoms with Crippen molar-refractivity contribution in [3.63, 3.8) is 0 Å². The molecule has 5 aromatic carbocycles. The molecule has 0 saturated heterocycles. The Kier molecular flexibility index (Phi) is 8.73. The molecular formula is C49H37N3O2. The quantitative estimate of drug-likeness (QED) is 0.148. The summed E-state index contributed by atoms with van der Waals surface area (Å²) in [5.74, 6) is 2.83. The van der Waals surface area contributed by atoms with Gasteiger partial charge in [-0.25, -0.2) is 15.0 Å². The zero-order chi connectivity index (χ0) is 36.4. The molecule has 3 heterocycles. The first-order chi connectivity index (χ1) is 26.6. The first-order valence-corrected chi connectivity index (χ1v) is 18.3. The highest BCUT2D eigenvalue weighted by Gasteiger charge is 2.19. The van der Waals surface area contributed by atoms with E-state index in [1.807, 2.05) is 79.8 Å². The van der Waals surface area contributed by atoms with E-state index in [4.69, 9.17) is 23.8 Å². The van der Waals surface area contributed by atoms with Crippen molar-refractivity contribution in [1.29, 1.82) is 0 Å². The van der Waals surface area contributed by atoms with Crippen LogP contribution >= 0.6 is 0 Å². The highest BCUT2D eigenvalue weighted by Crippen LogP contribution is 2.37. The number of benzene rings is 5. The molecule has 1 aliphatic carbocycles. The fraction of sp³-hybridized carbons (Fsp3) is 0.0816. The molecule has 0 bridgehead atoms. The van der Waals surface area contributed by atoms with Crippen LogP contribution in [-0.2, 0) is 0 Å². The normalized spacial score (nSPS) is 13.9. The highest BCUT2D eigenvalue weighted by molar-refractivity contribution is 6.12. The van der Waals surface area contributed by atoms with E-state index < -0.39 is 0 Å². The fourth-order valence-electron chi connectivity index (χ4n) is 7.15. The van der Waals surface area contributed by atoms with E-state index in [9.17, 15) is 0 Å². The molecule has 0 unspecified atom stereocenters. The summed E-state index contributed by atoms with van der Waals surface area (Å²) in [6.45, 7) is 4.13. The van der Waals surface area contributed by atoms with Crippen LogP contribution in [0.5, 0.6) is 0 Å². The van der Waals surface area contributed by atoms with Crippen LogP contribution in [0.1, 0.15) is 42.5 Å². The number of nitrogens with zero attached hydrogens (tertiary/aromatic N) is 3. The Labute approximate surface area is 313 Å². The number of aromatic nitrogens is 3. The van der Waals surface area contributed by atoms with Crippen LogP contribution in [0.2, 0.25) is 0 Å². The minimum Gasteiger partial charge on any atom is -0.456 e. The Morgan fingerprint density at radius 3 is 2.17 bits per heavy atom. The van der Waals surface area contributed by atoms with E-state index in [-0.39, 0.29) is 0 Å². The molecule has 0 N–H and O–H groups in total. The lowest BCUT2D eigenvalue weighted by Gasteiger charge is -2.14. The Morgan fingerprint density at radius 2 is 1.33 bits per heavy atom. The minimum absolute atomic E-state index is 0.624. The van der Waals surface area contributed by atoms with Crippen LogP contribution in [0.4, 0.5) is 0 Å². The lowest BCUT2D eigenvalue weighted by molar-refractivity contribution is 0.601. The molecule has 0 aliphatic heterocycles. The summed E-state index contributed by atoms with van der Waals surface area (Å²) < 4.78 is 12.7. The summed E-state index contributed by atoms with van der Waals surface area (Å²) in [4.78, 5) is 15.1. The van der Waals surface area contributed by atoms with Gasteiger partial charge in [0.25, 0.3) is 0 Å². The van der Waals surface area contributed by atoms with Crippen LogP contribution in [0, 0.1) is 6.92 Å². The Hall–Kier alpha value is -6.85. The average molecular weight is 700 g/mol. The number of allylic oxidation sites excluding steroid dienone is 10. The summed E-state index contributed by atoms with van der Waals surface area (Å²) >= 11 is 0. The minimum atomic E-state index is 0.624. The maximum Gasteiger partial charge on any atom is 0.164 e. The highest BCUT2D eigenvalue weighted by atomic mass is 16.3. The molecule has 3 aromatic heterocycles. The molecule has 5 nitrogen and oxygen atoms in total. The smallest absolute Gasteiger partial charge is 0.164 e. The van der Waals surface area contributed by atoms with E-state index in [0.717, 1.165) is 79.3 Å². The Balaban J connectivity index is 1.05. The van der Waals surface area contributed by atoms with E-state index in [0.29, 0.717) is 17.5 Å². The number of rotatable bonds is 8. The predicted octanol–water partition coefficient (Wildman–Crippen LogP) is 13.3. The third-order valence-electron chi connectivity index (χ3n) is 10.0. The zero-order valence-corrected chi connectivity index (χ0v) is 30.2. The molecule has 260 valence electrons. The number of aryl methyl sites for hydroxylation is 1. The molecule has 1 aliphatic rings. The topological polar surface area (TPSA) is 65.0 Å². The van der Waals surface area contributed by atoms with Crippen molar-refractivity contribution >= 4 is 61.4 Å². The summed E-state index contributed by atoms with van der Waals surface area (Å²) in [5.41, 5.74) is 8.90. The lowest BCUT2D eigenvalue weighted by Crippen LogP contribution is -2.04. The van der Waals surface area contributed by atoms with Crippen molar-refractivity contribution in [2.24, 2.45) is 0 Å². The molecule has 0 fully saturated rings. The summed E-state index contributed by atoms with van der Waals surface area (Å²) in [6, 6.07) is 35.2. The van der Waals surface area contributed by atoms with Gasteiger partial charge in [0.1, 0.15) is 22.5 Å². The molecule has 9 rings (SSSR count). The maximum atomic E-state index is 6.46. The summed E-state index contributed by atoms with van der Waals surface area (Å²) in [6.07, 6.45) is 22.6. The first kappa shape index (κ1) is 33.0. The van der Waals surface area contributed by atoms with Gasteiger partial charge in [-0.3, -0.25) is 0 Å². The molecule has 54 heavy (non-hydrogen) atoms. The van der Waals surface area contributed by atoms with Crippen molar-refractivity contribution < 1.29 is 8.83 Å². The number of fused-ring (bicyclic) bond motifs is 5. The second-order valence-corrected chi connectivity index (χ2v) is 13.5. The van der Waals surface area contributed by atoms with Crippen LogP contribution in [-0.4, -0.2) is 15.0 Å². The van der Waals surface area contributed by atoms with Crippen molar-refractivity contribution in [1.82, 2.24) is 15.0 Å². The van der Waals surface area contributed by atoms with Crippen molar-refractivity contribution in [2.75, 3.05) is 0 Å². The monoisotopic (exact) mass is 699 g/mol. The molecule has 0 atom stereocenters. The van der Waals surface area contributed by atoms with Gasteiger partial charge in [0, 0.05) is 32.8 Å². The van der Waals surface area contributed by atoms with Gasteiger partial charge < -0.3 is 8.83 Å². The number of furan rings is 2. The standard InChI is InChI=1S/C49H37N3O2/c1-3-4-6-14-33-23-26-36(27-24-33)48-50-47(35-16-7-5-8-17-35)51-49(52-48)40-20-13-22-43-46(40)39-28-25-34(29-44(39)54-43)15-9-12-21-42-32(2)41-30-37-18-10-11-19-38(37)31-45(41)53-42/h3-23,25-26,28-31H,24,27H2,1-2H3/b4-3-,14-6-,15-9+,21-12-. The largest absolute Gasteiger partial charge is 0.456 e. The molecule has 5 heteroatoms. The van der Waals surface area contributed by atoms with Gasteiger partial charge in [-0.2, -0.15) is 0 Å². The lowest BCUT2D eigenvalue weighted by atomic mass is 9.97. The Morgan fingerprint density at radius 1 is 0.574 bits per heavy atom. The van der Waals surface area contributed by atoms with Crippen molar-refractivity contribution in [3.05, 3.63) is 180 Å². The van der Waals surface area contributed by atoms with Gasteiger partial charge in [-0.05, 0) is 90.6 Å². The molecule has 0 radical (unpaired) electrons. The predicted molar refractivity (Wildman–Crippen MR) is 224 cm³/mol. The molecular weight excluding hydrogens is 663 g/mol. The molecule has 0 spiro atoms. The van der Waals surface area contributed by atoms with E-state index in [2.05, 4.69) is 98.0 Å².